The molecule has 2 rings (SSSR count). The van der Waals surface area contributed by atoms with Gasteiger partial charge in [0, 0.05) is 30.6 Å². The number of non-ortho nitro benzene ring substituents is 1. The molecule has 0 saturated heterocycles. The third kappa shape index (κ3) is 2.66. The van der Waals surface area contributed by atoms with Gasteiger partial charge in [0.2, 0.25) is 0 Å². The van der Waals surface area contributed by atoms with Crippen molar-refractivity contribution in [2.75, 3.05) is 5.32 Å². The van der Waals surface area contributed by atoms with E-state index >= 15 is 0 Å². The fourth-order valence-corrected chi connectivity index (χ4v) is 1.87. The van der Waals surface area contributed by atoms with Gasteiger partial charge in [-0.2, -0.15) is 5.10 Å². The maximum absolute atomic E-state index is 12.1. The highest BCUT2D eigenvalue weighted by Gasteiger charge is 2.14. The number of nitro benzene ring substituents is 1. The van der Waals surface area contributed by atoms with Crippen molar-refractivity contribution in [3.63, 3.8) is 0 Å². The van der Waals surface area contributed by atoms with Crippen molar-refractivity contribution in [3.05, 3.63) is 51.8 Å². The normalized spacial score (nSPS) is 10.3. The molecule has 0 spiro atoms. The number of carbonyl (C=O) groups is 1. The molecular weight excluding hydrogens is 260 g/mol. The fraction of sp³-hybridized carbons (Fsp3) is 0.231. The molecule has 0 radical (unpaired) electrons. The number of aromatic nitrogens is 2. The average molecular weight is 274 g/mol. The van der Waals surface area contributed by atoms with E-state index in [1.807, 2.05) is 6.92 Å². The summed E-state index contributed by atoms with van der Waals surface area (Å²) in [7, 11) is 0. The number of anilines is 1. The van der Waals surface area contributed by atoms with Gasteiger partial charge in [-0.05, 0) is 31.5 Å². The average Bonchev–Trinajstić information content (AvgIpc) is 2.89. The third-order valence-corrected chi connectivity index (χ3v) is 2.92. The topological polar surface area (TPSA) is 90.1 Å². The van der Waals surface area contributed by atoms with Gasteiger partial charge in [-0.1, -0.05) is 0 Å². The first kappa shape index (κ1) is 13.7. The molecule has 7 nitrogen and oxygen atoms in total. The Bertz CT molecular complexity index is 663. The van der Waals surface area contributed by atoms with Crippen LogP contribution in [0.2, 0.25) is 0 Å². The van der Waals surface area contributed by atoms with Crippen LogP contribution in [-0.2, 0) is 6.54 Å². The molecule has 2 aromatic rings. The van der Waals surface area contributed by atoms with Crippen molar-refractivity contribution in [3.8, 4) is 0 Å². The van der Waals surface area contributed by atoms with E-state index in [9.17, 15) is 14.9 Å². The summed E-state index contributed by atoms with van der Waals surface area (Å²) < 4.78 is 1.58. The third-order valence-electron chi connectivity index (χ3n) is 2.92. The highest BCUT2D eigenvalue weighted by molar-refractivity contribution is 6.03. The highest BCUT2D eigenvalue weighted by Crippen LogP contribution is 2.21. The van der Waals surface area contributed by atoms with Crippen LogP contribution in [0.25, 0.3) is 0 Å². The van der Waals surface area contributed by atoms with Crippen molar-refractivity contribution in [2.24, 2.45) is 0 Å². The van der Waals surface area contributed by atoms with Crippen LogP contribution in [-0.4, -0.2) is 20.6 Å². The van der Waals surface area contributed by atoms with Crippen LogP contribution < -0.4 is 5.32 Å². The Balaban J connectivity index is 2.22. The number of carbonyl (C=O) groups excluding carboxylic acids is 1. The van der Waals surface area contributed by atoms with Crippen molar-refractivity contribution < 1.29 is 9.72 Å². The van der Waals surface area contributed by atoms with Gasteiger partial charge in [0.25, 0.3) is 11.6 Å². The molecule has 0 aliphatic rings. The summed E-state index contributed by atoms with van der Waals surface area (Å²) in [6.45, 7) is 4.19. The fourth-order valence-electron chi connectivity index (χ4n) is 1.87. The number of aryl methyl sites for hydroxylation is 2. The summed E-state index contributed by atoms with van der Waals surface area (Å²) in [5.41, 5.74) is 1.63. The molecule has 1 aromatic heterocycles. The largest absolute Gasteiger partial charge is 0.320 e. The number of hydrogen-bond acceptors (Lipinski definition) is 4. The lowest BCUT2D eigenvalue weighted by molar-refractivity contribution is -0.384. The smallest absolute Gasteiger partial charge is 0.273 e. The zero-order valence-corrected chi connectivity index (χ0v) is 11.2. The Morgan fingerprint density at radius 1 is 1.45 bits per heavy atom. The monoisotopic (exact) mass is 274 g/mol. The minimum atomic E-state index is -0.468. The van der Waals surface area contributed by atoms with Crippen molar-refractivity contribution in [1.82, 2.24) is 9.78 Å². The van der Waals surface area contributed by atoms with E-state index in [0.717, 1.165) is 0 Å². The van der Waals surface area contributed by atoms with Gasteiger partial charge in [-0.3, -0.25) is 19.6 Å². The van der Waals surface area contributed by atoms with Gasteiger partial charge < -0.3 is 5.32 Å². The molecular formula is C13H14N4O3. The summed E-state index contributed by atoms with van der Waals surface area (Å²) >= 11 is 0. The second kappa shape index (κ2) is 5.52. The van der Waals surface area contributed by atoms with Gasteiger partial charge in [0.1, 0.15) is 5.69 Å². The number of nitrogens with zero attached hydrogens (tertiary/aromatic N) is 3. The number of hydrogen-bond donors (Lipinski definition) is 1. The van der Waals surface area contributed by atoms with E-state index in [4.69, 9.17) is 0 Å². The number of benzene rings is 1. The summed E-state index contributed by atoms with van der Waals surface area (Å²) in [6.07, 6.45) is 1.56. The van der Waals surface area contributed by atoms with Gasteiger partial charge in [-0.25, -0.2) is 0 Å². The van der Waals surface area contributed by atoms with Crippen LogP contribution in [0.1, 0.15) is 23.0 Å². The van der Waals surface area contributed by atoms with E-state index in [0.29, 0.717) is 23.5 Å². The van der Waals surface area contributed by atoms with Gasteiger partial charge >= 0.3 is 0 Å². The van der Waals surface area contributed by atoms with Crippen LogP contribution in [0.15, 0.2) is 30.5 Å². The lowest BCUT2D eigenvalue weighted by Crippen LogP contribution is -2.17. The Labute approximate surface area is 115 Å². The van der Waals surface area contributed by atoms with Crippen LogP contribution in [0.5, 0.6) is 0 Å². The van der Waals surface area contributed by atoms with E-state index in [2.05, 4.69) is 10.4 Å². The van der Waals surface area contributed by atoms with E-state index in [-0.39, 0.29) is 11.6 Å². The molecule has 1 N–H and O–H groups in total. The minimum absolute atomic E-state index is 0.000834. The second-order valence-corrected chi connectivity index (χ2v) is 4.24. The van der Waals surface area contributed by atoms with E-state index in [1.54, 1.807) is 23.9 Å². The maximum atomic E-state index is 12.1. The van der Waals surface area contributed by atoms with Crippen LogP contribution in [0.4, 0.5) is 11.4 Å². The SMILES string of the molecule is CCn1nccc1C(=O)Nc1ccc([N+](=O)[O-])cc1C. The molecule has 1 aromatic carbocycles. The Kier molecular flexibility index (Phi) is 3.79. The molecule has 7 heteroatoms. The first-order valence-electron chi connectivity index (χ1n) is 6.11. The molecule has 0 aliphatic heterocycles. The molecule has 20 heavy (non-hydrogen) atoms. The molecule has 0 fully saturated rings. The molecule has 1 amide bonds. The highest BCUT2D eigenvalue weighted by atomic mass is 16.6. The maximum Gasteiger partial charge on any atom is 0.273 e. The van der Waals surface area contributed by atoms with E-state index < -0.39 is 4.92 Å². The Hall–Kier alpha value is -2.70. The molecule has 1 heterocycles. The first-order chi connectivity index (χ1) is 9.52. The lowest BCUT2D eigenvalue weighted by atomic mass is 10.1. The molecule has 0 atom stereocenters. The molecule has 0 bridgehead atoms. The summed E-state index contributed by atoms with van der Waals surface area (Å²) in [4.78, 5) is 22.3. The van der Waals surface area contributed by atoms with Crippen molar-refractivity contribution >= 4 is 17.3 Å². The van der Waals surface area contributed by atoms with Crippen molar-refractivity contribution in [1.29, 1.82) is 0 Å². The lowest BCUT2D eigenvalue weighted by Gasteiger charge is -2.09. The molecule has 104 valence electrons. The number of nitro groups is 1. The predicted octanol–water partition coefficient (Wildman–Crippen LogP) is 2.37. The van der Waals surface area contributed by atoms with Crippen molar-refractivity contribution in [2.45, 2.75) is 20.4 Å². The second-order valence-electron chi connectivity index (χ2n) is 4.24. The number of rotatable bonds is 4. The predicted molar refractivity (Wildman–Crippen MR) is 73.7 cm³/mol. The van der Waals surface area contributed by atoms with Crippen LogP contribution in [0, 0.1) is 17.0 Å². The molecule has 0 unspecified atom stereocenters. The zero-order chi connectivity index (χ0) is 14.7. The summed E-state index contributed by atoms with van der Waals surface area (Å²) in [5, 5.41) is 17.4. The molecule has 0 saturated carbocycles. The Morgan fingerprint density at radius 3 is 2.80 bits per heavy atom. The summed E-state index contributed by atoms with van der Waals surface area (Å²) in [6, 6.07) is 5.93. The standard InChI is InChI=1S/C13H14N4O3/c1-3-16-12(6-7-14-16)13(18)15-11-5-4-10(17(19)20)8-9(11)2/h4-8H,3H2,1-2H3,(H,15,18). The quantitative estimate of drug-likeness (QED) is 0.684. The number of amides is 1. The van der Waals surface area contributed by atoms with Gasteiger partial charge in [0.15, 0.2) is 0 Å². The first-order valence-corrected chi connectivity index (χ1v) is 6.11. The van der Waals surface area contributed by atoms with Crippen LogP contribution >= 0.6 is 0 Å². The van der Waals surface area contributed by atoms with E-state index in [1.165, 1.54) is 18.2 Å². The van der Waals surface area contributed by atoms with Gasteiger partial charge in [0.05, 0.1) is 4.92 Å². The zero-order valence-electron chi connectivity index (χ0n) is 11.2. The molecule has 0 aliphatic carbocycles. The van der Waals surface area contributed by atoms with Crippen LogP contribution in [0.3, 0.4) is 0 Å². The summed E-state index contributed by atoms with van der Waals surface area (Å²) in [5.74, 6) is -0.290. The minimum Gasteiger partial charge on any atom is -0.320 e. The number of nitrogens with one attached hydrogen (secondary N) is 1. The Morgan fingerprint density at radius 2 is 2.20 bits per heavy atom. The van der Waals surface area contributed by atoms with Gasteiger partial charge in [-0.15, -0.1) is 0 Å².